The Morgan fingerprint density at radius 1 is 1.21 bits per heavy atom. The summed E-state index contributed by atoms with van der Waals surface area (Å²) in [6, 6.07) is 11.7. The summed E-state index contributed by atoms with van der Waals surface area (Å²) in [6.45, 7) is 1.69. The highest BCUT2D eigenvalue weighted by molar-refractivity contribution is 9.10. The number of pyridine rings is 1. The molecule has 0 spiro atoms. The number of carbonyl (C=O) groups is 1. The fourth-order valence-corrected chi connectivity index (χ4v) is 2.03. The minimum Gasteiger partial charge on any atom is -0.324 e. The highest BCUT2D eigenvalue weighted by Crippen LogP contribution is 2.12. The van der Waals surface area contributed by atoms with Crippen LogP contribution in [0.3, 0.4) is 0 Å². The van der Waals surface area contributed by atoms with Crippen LogP contribution in [0.25, 0.3) is 0 Å². The van der Waals surface area contributed by atoms with Gasteiger partial charge < -0.3 is 9.88 Å². The molecule has 0 saturated carbocycles. The number of nitrogens with one attached hydrogen (secondary N) is 1. The molecule has 2 rings (SSSR count). The molecule has 2 aromatic rings. The third-order valence-corrected chi connectivity index (χ3v) is 3.21. The molecule has 1 atom stereocenters. The van der Waals surface area contributed by atoms with Gasteiger partial charge >= 0.3 is 0 Å². The number of nitrogens with zero attached hydrogens (tertiary/aromatic N) is 1. The molecule has 0 bridgehead atoms. The first kappa shape index (κ1) is 13.5. The van der Waals surface area contributed by atoms with Gasteiger partial charge in [0.25, 0.3) is 5.56 Å². The second-order valence-electron chi connectivity index (χ2n) is 4.12. The molecular weight excluding hydrogens is 308 g/mol. The third kappa shape index (κ3) is 3.32. The summed E-state index contributed by atoms with van der Waals surface area (Å²) in [5.41, 5.74) is 0.501. The Kier molecular flexibility index (Phi) is 4.16. The van der Waals surface area contributed by atoms with Gasteiger partial charge in [0.1, 0.15) is 6.04 Å². The van der Waals surface area contributed by atoms with Crippen LogP contribution in [0.2, 0.25) is 0 Å². The van der Waals surface area contributed by atoms with Crippen LogP contribution in [0, 0.1) is 0 Å². The third-order valence-electron chi connectivity index (χ3n) is 2.74. The molecule has 1 amide bonds. The molecule has 4 nitrogen and oxygen atoms in total. The quantitative estimate of drug-likeness (QED) is 0.945. The number of benzene rings is 1. The van der Waals surface area contributed by atoms with Gasteiger partial charge in [-0.15, -0.1) is 0 Å². The van der Waals surface area contributed by atoms with Crippen molar-refractivity contribution in [3.05, 3.63) is 63.5 Å². The van der Waals surface area contributed by atoms with Gasteiger partial charge in [0.2, 0.25) is 5.91 Å². The van der Waals surface area contributed by atoms with Gasteiger partial charge in [-0.25, -0.2) is 0 Å². The first-order valence-electron chi connectivity index (χ1n) is 5.81. The Balaban J connectivity index is 2.20. The van der Waals surface area contributed by atoms with Crippen molar-refractivity contribution in [3.63, 3.8) is 0 Å². The molecule has 0 aliphatic carbocycles. The molecule has 5 heteroatoms. The van der Waals surface area contributed by atoms with Crippen LogP contribution in [-0.4, -0.2) is 10.5 Å². The van der Waals surface area contributed by atoms with E-state index < -0.39 is 6.04 Å². The number of anilines is 1. The Labute approximate surface area is 119 Å². The number of hydrogen-bond donors (Lipinski definition) is 1. The second kappa shape index (κ2) is 5.84. The first-order valence-corrected chi connectivity index (χ1v) is 6.61. The predicted octanol–water partition coefficient (Wildman–Crippen LogP) is 2.81. The monoisotopic (exact) mass is 320 g/mol. The average molecular weight is 321 g/mol. The van der Waals surface area contributed by atoms with Crippen LogP contribution >= 0.6 is 15.9 Å². The topological polar surface area (TPSA) is 51.1 Å². The molecule has 0 fully saturated rings. The lowest BCUT2D eigenvalue weighted by atomic mass is 10.2. The fourth-order valence-electron chi connectivity index (χ4n) is 1.67. The molecule has 0 saturated heterocycles. The van der Waals surface area contributed by atoms with E-state index in [9.17, 15) is 9.59 Å². The molecule has 19 heavy (non-hydrogen) atoms. The van der Waals surface area contributed by atoms with Crippen LogP contribution in [0.5, 0.6) is 0 Å². The van der Waals surface area contributed by atoms with Gasteiger partial charge in [-0.3, -0.25) is 9.59 Å². The smallest absolute Gasteiger partial charge is 0.251 e. The maximum Gasteiger partial charge on any atom is 0.251 e. The van der Waals surface area contributed by atoms with E-state index in [1.165, 1.54) is 10.6 Å². The van der Waals surface area contributed by atoms with E-state index >= 15 is 0 Å². The summed E-state index contributed by atoms with van der Waals surface area (Å²) in [4.78, 5) is 23.8. The van der Waals surface area contributed by atoms with Crippen molar-refractivity contribution in [1.82, 2.24) is 4.57 Å². The normalized spacial score (nSPS) is 11.9. The standard InChI is InChI=1S/C14H13BrN2O2/c1-10(17-9-11(15)7-8-13(17)18)14(19)16-12-5-3-2-4-6-12/h2-10H,1H3,(H,16,19). The van der Waals surface area contributed by atoms with Crippen LogP contribution in [0.1, 0.15) is 13.0 Å². The van der Waals surface area contributed by atoms with Crippen LogP contribution < -0.4 is 10.9 Å². The zero-order valence-electron chi connectivity index (χ0n) is 10.3. The molecule has 98 valence electrons. The summed E-state index contributed by atoms with van der Waals surface area (Å²) in [7, 11) is 0. The molecule has 1 aromatic heterocycles. The van der Waals surface area contributed by atoms with E-state index in [4.69, 9.17) is 0 Å². The lowest BCUT2D eigenvalue weighted by Crippen LogP contribution is -2.30. The van der Waals surface area contributed by atoms with Crippen molar-refractivity contribution in [1.29, 1.82) is 0 Å². The van der Waals surface area contributed by atoms with Crippen LogP contribution in [0.4, 0.5) is 5.69 Å². The van der Waals surface area contributed by atoms with Crippen LogP contribution in [0.15, 0.2) is 57.9 Å². The molecule has 0 aliphatic rings. The summed E-state index contributed by atoms with van der Waals surface area (Å²) in [6.07, 6.45) is 1.61. The summed E-state index contributed by atoms with van der Waals surface area (Å²) in [5, 5.41) is 2.77. The minimum absolute atomic E-state index is 0.209. The van der Waals surface area contributed by atoms with E-state index in [1.807, 2.05) is 18.2 Å². The second-order valence-corrected chi connectivity index (χ2v) is 5.04. The van der Waals surface area contributed by atoms with Crippen molar-refractivity contribution < 1.29 is 4.79 Å². The number of aromatic nitrogens is 1. The average Bonchev–Trinajstić information content (AvgIpc) is 2.42. The van der Waals surface area contributed by atoms with Crippen molar-refractivity contribution in [2.75, 3.05) is 5.32 Å². The zero-order chi connectivity index (χ0) is 13.8. The van der Waals surface area contributed by atoms with Crippen molar-refractivity contribution in [2.45, 2.75) is 13.0 Å². The van der Waals surface area contributed by atoms with E-state index in [0.717, 1.165) is 4.47 Å². The van der Waals surface area contributed by atoms with Crippen molar-refractivity contribution >= 4 is 27.5 Å². The van der Waals surface area contributed by atoms with E-state index in [2.05, 4.69) is 21.2 Å². The number of carbonyl (C=O) groups excluding carboxylic acids is 1. The highest BCUT2D eigenvalue weighted by atomic mass is 79.9. The molecule has 1 N–H and O–H groups in total. The number of rotatable bonds is 3. The molecule has 1 aromatic carbocycles. The van der Waals surface area contributed by atoms with Gasteiger partial charge in [0.05, 0.1) is 0 Å². The summed E-state index contributed by atoms with van der Waals surface area (Å²) in [5.74, 6) is -0.230. The van der Waals surface area contributed by atoms with Crippen molar-refractivity contribution in [2.24, 2.45) is 0 Å². The van der Waals surface area contributed by atoms with E-state index in [1.54, 1.807) is 31.3 Å². The summed E-state index contributed by atoms with van der Waals surface area (Å²) >= 11 is 3.29. The van der Waals surface area contributed by atoms with Gasteiger partial charge in [0, 0.05) is 22.4 Å². The lowest BCUT2D eigenvalue weighted by molar-refractivity contribution is -0.118. The number of amides is 1. The molecule has 1 heterocycles. The molecule has 0 aliphatic heterocycles. The Bertz CT molecular complexity index is 637. The fraction of sp³-hybridized carbons (Fsp3) is 0.143. The summed E-state index contributed by atoms with van der Waals surface area (Å²) < 4.78 is 2.15. The Hall–Kier alpha value is -1.88. The van der Waals surface area contributed by atoms with Crippen molar-refractivity contribution in [3.8, 4) is 0 Å². The maximum absolute atomic E-state index is 12.1. The van der Waals surface area contributed by atoms with E-state index in [-0.39, 0.29) is 11.5 Å². The number of hydrogen-bond acceptors (Lipinski definition) is 2. The van der Waals surface area contributed by atoms with Gasteiger partial charge in [-0.2, -0.15) is 0 Å². The van der Waals surface area contributed by atoms with Gasteiger partial charge in [0.15, 0.2) is 0 Å². The highest BCUT2D eigenvalue weighted by Gasteiger charge is 2.16. The molecule has 1 unspecified atom stereocenters. The molecular formula is C14H13BrN2O2. The Morgan fingerprint density at radius 3 is 2.58 bits per heavy atom. The minimum atomic E-state index is -0.579. The Morgan fingerprint density at radius 2 is 1.89 bits per heavy atom. The largest absolute Gasteiger partial charge is 0.324 e. The van der Waals surface area contributed by atoms with Gasteiger partial charge in [-0.1, -0.05) is 18.2 Å². The maximum atomic E-state index is 12.1. The van der Waals surface area contributed by atoms with E-state index in [0.29, 0.717) is 5.69 Å². The number of halogens is 1. The molecule has 0 radical (unpaired) electrons. The van der Waals surface area contributed by atoms with Crippen LogP contribution in [-0.2, 0) is 4.79 Å². The zero-order valence-corrected chi connectivity index (χ0v) is 11.9. The SMILES string of the molecule is CC(C(=O)Nc1ccccc1)n1cc(Br)ccc1=O. The first-order chi connectivity index (χ1) is 9.08. The number of para-hydroxylation sites is 1. The van der Waals surface area contributed by atoms with Gasteiger partial charge in [-0.05, 0) is 41.1 Å². The lowest BCUT2D eigenvalue weighted by Gasteiger charge is -2.15. The predicted molar refractivity (Wildman–Crippen MR) is 78.2 cm³/mol.